The van der Waals surface area contributed by atoms with Crippen LogP contribution in [0.5, 0.6) is 0 Å². The molecule has 1 aromatic carbocycles. The number of hydrogen-bond donors (Lipinski definition) is 0. The molecule has 0 aliphatic heterocycles. The van der Waals surface area contributed by atoms with E-state index in [0.717, 1.165) is 41.7 Å². The van der Waals surface area contributed by atoms with Crippen molar-refractivity contribution in [2.75, 3.05) is 0 Å². The minimum atomic E-state index is -0.328. The van der Waals surface area contributed by atoms with Crippen LogP contribution < -0.4 is 5.63 Å². The van der Waals surface area contributed by atoms with Crippen molar-refractivity contribution in [2.45, 2.75) is 43.1 Å². The van der Waals surface area contributed by atoms with Crippen molar-refractivity contribution in [3.8, 4) is 0 Å². The fraction of sp³-hybridized carbons (Fsp3) is 0.353. The maximum Gasteiger partial charge on any atom is 0.336 e. The summed E-state index contributed by atoms with van der Waals surface area (Å²) in [6, 6.07) is 7.55. The van der Waals surface area contributed by atoms with Crippen LogP contribution in [0.2, 0.25) is 0 Å². The minimum absolute atomic E-state index is 0.328. The van der Waals surface area contributed by atoms with Crippen LogP contribution in [-0.4, -0.2) is 10.2 Å². The molecule has 1 saturated carbocycles. The summed E-state index contributed by atoms with van der Waals surface area (Å²) < 4.78 is 11.0. The summed E-state index contributed by atoms with van der Waals surface area (Å²) >= 11 is 1.45. The first-order valence-corrected chi connectivity index (χ1v) is 8.73. The molecule has 118 valence electrons. The molecule has 0 atom stereocenters. The summed E-state index contributed by atoms with van der Waals surface area (Å²) in [5.74, 6) is 1.78. The fourth-order valence-electron chi connectivity index (χ4n) is 2.53. The second-order valence-corrected chi connectivity index (χ2v) is 6.67. The summed E-state index contributed by atoms with van der Waals surface area (Å²) in [5, 5.41) is 9.65. The molecule has 1 aliphatic carbocycles. The van der Waals surface area contributed by atoms with Gasteiger partial charge in [0.1, 0.15) is 5.58 Å². The Labute approximate surface area is 137 Å². The Morgan fingerprint density at radius 3 is 2.87 bits per heavy atom. The molecule has 0 spiro atoms. The molecular weight excluding hydrogens is 312 g/mol. The molecule has 23 heavy (non-hydrogen) atoms. The third-order valence-corrected chi connectivity index (χ3v) is 4.87. The predicted octanol–water partition coefficient (Wildman–Crippen LogP) is 3.91. The number of aryl methyl sites for hydroxylation is 1. The van der Waals surface area contributed by atoms with E-state index in [1.54, 1.807) is 6.07 Å². The van der Waals surface area contributed by atoms with E-state index in [1.165, 1.54) is 11.8 Å². The monoisotopic (exact) mass is 328 g/mol. The molecule has 0 N–H and O–H groups in total. The zero-order valence-corrected chi connectivity index (χ0v) is 13.6. The zero-order chi connectivity index (χ0) is 15.8. The number of hydrogen-bond acceptors (Lipinski definition) is 6. The van der Waals surface area contributed by atoms with E-state index in [4.69, 9.17) is 8.83 Å². The Kier molecular flexibility index (Phi) is 3.69. The second kappa shape index (κ2) is 5.85. The summed E-state index contributed by atoms with van der Waals surface area (Å²) in [7, 11) is 0. The Bertz CT molecular complexity index is 912. The maximum atomic E-state index is 11.8. The third-order valence-electron chi connectivity index (χ3n) is 4.00. The lowest BCUT2D eigenvalue weighted by molar-refractivity contribution is 0.414. The number of rotatable bonds is 5. The molecule has 1 aliphatic rings. The standard InChI is InChI=1S/C17H16N2O3S/c1-2-10-3-6-13-12(8-15(20)21-14(13)7-10)9-23-17-19-18-16(22-17)11-4-5-11/h3,6-8,11H,2,4-5,9H2,1H3. The lowest BCUT2D eigenvalue weighted by Crippen LogP contribution is -2.00. The number of benzene rings is 1. The average molecular weight is 328 g/mol. The maximum absolute atomic E-state index is 11.8. The molecule has 4 rings (SSSR count). The van der Waals surface area contributed by atoms with Gasteiger partial charge in [-0.1, -0.05) is 30.8 Å². The van der Waals surface area contributed by atoms with Crippen LogP contribution in [0.3, 0.4) is 0 Å². The molecular formula is C17H16N2O3S. The summed E-state index contributed by atoms with van der Waals surface area (Å²) in [6.07, 6.45) is 3.18. The molecule has 1 fully saturated rings. The first-order chi connectivity index (χ1) is 11.2. The number of fused-ring (bicyclic) bond motifs is 1. The minimum Gasteiger partial charge on any atom is -0.423 e. The molecule has 0 bridgehead atoms. The van der Waals surface area contributed by atoms with Gasteiger partial charge in [0.05, 0.1) is 0 Å². The predicted molar refractivity (Wildman–Crippen MR) is 87.7 cm³/mol. The van der Waals surface area contributed by atoms with Gasteiger partial charge in [-0.3, -0.25) is 0 Å². The third kappa shape index (κ3) is 3.03. The second-order valence-electron chi connectivity index (χ2n) is 5.74. The van der Waals surface area contributed by atoms with Crippen LogP contribution in [-0.2, 0) is 12.2 Å². The lowest BCUT2D eigenvalue weighted by atomic mass is 10.1. The van der Waals surface area contributed by atoms with Crippen LogP contribution in [0.4, 0.5) is 0 Å². The Balaban J connectivity index is 1.60. The molecule has 5 nitrogen and oxygen atoms in total. The van der Waals surface area contributed by atoms with Crippen molar-refractivity contribution in [2.24, 2.45) is 0 Å². The van der Waals surface area contributed by atoms with Gasteiger partial charge < -0.3 is 8.83 Å². The molecule has 0 amide bonds. The van der Waals surface area contributed by atoms with Crippen LogP contribution in [0, 0.1) is 0 Å². The van der Waals surface area contributed by atoms with E-state index in [-0.39, 0.29) is 5.63 Å². The Morgan fingerprint density at radius 2 is 2.09 bits per heavy atom. The molecule has 2 aromatic heterocycles. The Hall–Kier alpha value is -2.08. The summed E-state index contributed by atoms with van der Waals surface area (Å²) in [6.45, 7) is 2.08. The van der Waals surface area contributed by atoms with Gasteiger partial charge in [-0.2, -0.15) is 0 Å². The van der Waals surface area contributed by atoms with Crippen LogP contribution in [0.15, 0.2) is 43.1 Å². The molecule has 6 heteroatoms. The first kappa shape index (κ1) is 14.5. The first-order valence-electron chi connectivity index (χ1n) is 7.75. The smallest absolute Gasteiger partial charge is 0.336 e. The van der Waals surface area contributed by atoms with E-state index in [0.29, 0.717) is 22.5 Å². The van der Waals surface area contributed by atoms with E-state index in [9.17, 15) is 4.79 Å². The molecule has 2 heterocycles. The molecule has 0 radical (unpaired) electrons. The van der Waals surface area contributed by atoms with Gasteiger partial charge in [0.15, 0.2) is 0 Å². The van der Waals surface area contributed by atoms with Gasteiger partial charge in [0.25, 0.3) is 5.22 Å². The topological polar surface area (TPSA) is 69.1 Å². The van der Waals surface area contributed by atoms with Crippen LogP contribution in [0.25, 0.3) is 11.0 Å². The Morgan fingerprint density at radius 1 is 1.22 bits per heavy atom. The van der Waals surface area contributed by atoms with Crippen molar-refractivity contribution in [3.05, 3.63) is 51.7 Å². The van der Waals surface area contributed by atoms with E-state index in [1.807, 2.05) is 12.1 Å². The van der Waals surface area contributed by atoms with E-state index >= 15 is 0 Å². The normalized spacial score (nSPS) is 14.5. The zero-order valence-electron chi connectivity index (χ0n) is 12.7. The molecule has 3 aromatic rings. The molecule has 0 saturated heterocycles. The fourth-order valence-corrected chi connectivity index (χ4v) is 3.29. The van der Waals surface area contributed by atoms with Crippen molar-refractivity contribution in [3.63, 3.8) is 0 Å². The van der Waals surface area contributed by atoms with Crippen molar-refractivity contribution in [1.29, 1.82) is 0 Å². The highest BCUT2D eigenvalue weighted by Crippen LogP contribution is 2.40. The van der Waals surface area contributed by atoms with Gasteiger partial charge in [-0.05, 0) is 36.5 Å². The highest BCUT2D eigenvalue weighted by Gasteiger charge is 2.29. The van der Waals surface area contributed by atoms with Crippen molar-refractivity contribution >= 4 is 22.7 Å². The number of thioether (sulfide) groups is 1. The van der Waals surface area contributed by atoms with Gasteiger partial charge in [-0.25, -0.2) is 4.79 Å². The van der Waals surface area contributed by atoms with E-state index < -0.39 is 0 Å². The summed E-state index contributed by atoms with van der Waals surface area (Å²) in [5.41, 5.74) is 2.38. The quantitative estimate of drug-likeness (QED) is 0.522. The van der Waals surface area contributed by atoms with E-state index in [2.05, 4.69) is 23.2 Å². The largest absolute Gasteiger partial charge is 0.423 e. The van der Waals surface area contributed by atoms with Crippen molar-refractivity contribution < 1.29 is 8.83 Å². The summed E-state index contributed by atoms with van der Waals surface area (Å²) in [4.78, 5) is 11.8. The van der Waals surface area contributed by atoms with Gasteiger partial charge >= 0.3 is 5.63 Å². The number of nitrogens with zero attached hydrogens (tertiary/aromatic N) is 2. The SMILES string of the molecule is CCc1ccc2c(CSc3nnc(C4CC4)o3)cc(=O)oc2c1. The van der Waals surface area contributed by atoms with Gasteiger partial charge in [-0.15, -0.1) is 10.2 Å². The molecule has 0 unspecified atom stereocenters. The van der Waals surface area contributed by atoms with Crippen molar-refractivity contribution in [1.82, 2.24) is 10.2 Å². The van der Waals surface area contributed by atoms with Gasteiger partial charge in [0.2, 0.25) is 5.89 Å². The highest BCUT2D eigenvalue weighted by molar-refractivity contribution is 7.98. The van der Waals surface area contributed by atoms with Crippen LogP contribution >= 0.6 is 11.8 Å². The lowest BCUT2D eigenvalue weighted by Gasteiger charge is -2.05. The van der Waals surface area contributed by atoms with Gasteiger partial charge in [0, 0.05) is 23.1 Å². The van der Waals surface area contributed by atoms with Crippen LogP contribution in [0.1, 0.15) is 42.7 Å². The average Bonchev–Trinajstić information content (AvgIpc) is 3.30. The number of aromatic nitrogens is 2. The highest BCUT2D eigenvalue weighted by atomic mass is 32.2.